The van der Waals surface area contributed by atoms with E-state index >= 15 is 0 Å². The van der Waals surface area contributed by atoms with Crippen molar-refractivity contribution in [2.45, 2.75) is 13.5 Å². The molecule has 1 N–H and O–H groups in total. The van der Waals surface area contributed by atoms with Crippen LogP contribution in [0.3, 0.4) is 0 Å². The fourth-order valence-corrected chi connectivity index (χ4v) is 2.46. The van der Waals surface area contributed by atoms with Crippen molar-refractivity contribution in [3.8, 4) is 11.5 Å². The zero-order chi connectivity index (χ0) is 18.4. The lowest BCUT2D eigenvalue weighted by Crippen LogP contribution is -2.31. The van der Waals surface area contributed by atoms with Crippen LogP contribution in [0.25, 0.3) is 0 Å². The van der Waals surface area contributed by atoms with Gasteiger partial charge in [-0.1, -0.05) is 30.3 Å². The second-order valence-electron chi connectivity index (χ2n) is 5.74. The smallest absolute Gasteiger partial charge is 0.256 e. The van der Waals surface area contributed by atoms with Crippen LogP contribution in [0.15, 0.2) is 71.9 Å². The number of rotatable bonds is 6. The van der Waals surface area contributed by atoms with Gasteiger partial charge in [0, 0.05) is 24.8 Å². The molecule has 0 radical (unpaired) electrons. The number of benzene rings is 2. The third-order valence-electron chi connectivity index (χ3n) is 3.81. The van der Waals surface area contributed by atoms with E-state index in [9.17, 15) is 9.59 Å². The van der Waals surface area contributed by atoms with Gasteiger partial charge in [0.25, 0.3) is 11.5 Å². The number of aryl methyl sites for hydroxylation is 1. The highest BCUT2D eigenvalue weighted by Crippen LogP contribution is 2.24. The van der Waals surface area contributed by atoms with Gasteiger partial charge < -0.3 is 10.1 Å². The SMILES string of the molecule is Cc1cncn(CCNC(=O)c2ccccc2Oc2ccccc2)c1=O. The van der Waals surface area contributed by atoms with E-state index in [0.29, 0.717) is 35.7 Å². The normalized spacial score (nSPS) is 10.3. The maximum atomic E-state index is 12.5. The minimum atomic E-state index is -0.259. The molecule has 0 aliphatic heterocycles. The molecule has 0 saturated heterocycles. The van der Waals surface area contributed by atoms with E-state index in [4.69, 9.17) is 4.74 Å². The van der Waals surface area contributed by atoms with Crippen molar-refractivity contribution in [2.24, 2.45) is 0 Å². The van der Waals surface area contributed by atoms with Crippen molar-refractivity contribution in [1.82, 2.24) is 14.9 Å². The minimum Gasteiger partial charge on any atom is -0.457 e. The molecule has 6 heteroatoms. The third-order valence-corrected chi connectivity index (χ3v) is 3.81. The molecule has 0 fully saturated rings. The number of carbonyl (C=O) groups is 1. The fraction of sp³-hybridized carbons (Fsp3) is 0.150. The first-order chi connectivity index (χ1) is 12.6. The predicted octanol–water partition coefficient (Wildman–Crippen LogP) is 2.77. The Morgan fingerprint density at radius 1 is 1.12 bits per heavy atom. The van der Waals surface area contributed by atoms with Crippen LogP contribution in [-0.4, -0.2) is 22.0 Å². The summed E-state index contributed by atoms with van der Waals surface area (Å²) in [6.45, 7) is 2.37. The molecule has 0 bridgehead atoms. The Labute approximate surface area is 151 Å². The van der Waals surface area contributed by atoms with Crippen LogP contribution in [0.1, 0.15) is 15.9 Å². The average molecular weight is 349 g/mol. The lowest BCUT2D eigenvalue weighted by Gasteiger charge is -2.12. The third kappa shape index (κ3) is 4.16. The molecule has 0 atom stereocenters. The van der Waals surface area contributed by atoms with Crippen LogP contribution in [0.4, 0.5) is 0 Å². The first-order valence-corrected chi connectivity index (χ1v) is 8.26. The maximum Gasteiger partial charge on any atom is 0.256 e. The topological polar surface area (TPSA) is 73.2 Å². The zero-order valence-corrected chi connectivity index (χ0v) is 14.4. The Morgan fingerprint density at radius 2 is 1.85 bits per heavy atom. The summed E-state index contributed by atoms with van der Waals surface area (Å²) in [5.41, 5.74) is 0.897. The van der Waals surface area contributed by atoms with Crippen molar-refractivity contribution in [1.29, 1.82) is 0 Å². The quantitative estimate of drug-likeness (QED) is 0.743. The van der Waals surface area contributed by atoms with Crippen LogP contribution in [-0.2, 0) is 6.54 Å². The van der Waals surface area contributed by atoms with E-state index in [1.54, 1.807) is 25.1 Å². The van der Waals surface area contributed by atoms with Gasteiger partial charge in [-0.25, -0.2) is 4.98 Å². The molecule has 0 aliphatic carbocycles. The van der Waals surface area contributed by atoms with E-state index < -0.39 is 0 Å². The molecule has 3 aromatic rings. The molecule has 26 heavy (non-hydrogen) atoms. The predicted molar refractivity (Wildman–Crippen MR) is 98.5 cm³/mol. The lowest BCUT2D eigenvalue weighted by atomic mass is 10.2. The number of para-hydroxylation sites is 2. The average Bonchev–Trinajstić information content (AvgIpc) is 2.66. The van der Waals surface area contributed by atoms with Crippen molar-refractivity contribution >= 4 is 5.91 Å². The highest BCUT2D eigenvalue weighted by Gasteiger charge is 2.12. The molecule has 3 rings (SSSR count). The summed E-state index contributed by atoms with van der Waals surface area (Å²) in [5, 5.41) is 2.81. The van der Waals surface area contributed by atoms with Gasteiger partial charge >= 0.3 is 0 Å². The summed E-state index contributed by atoms with van der Waals surface area (Å²) in [6.07, 6.45) is 2.99. The van der Waals surface area contributed by atoms with Gasteiger partial charge in [0.1, 0.15) is 11.5 Å². The van der Waals surface area contributed by atoms with E-state index in [1.165, 1.54) is 17.1 Å². The molecule has 2 aromatic carbocycles. The van der Waals surface area contributed by atoms with Crippen molar-refractivity contribution in [3.63, 3.8) is 0 Å². The van der Waals surface area contributed by atoms with Gasteiger partial charge in [-0.2, -0.15) is 0 Å². The molecule has 0 unspecified atom stereocenters. The van der Waals surface area contributed by atoms with Gasteiger partial charge in [-0.3, -0.25) is 14.2 Å². The van der Waals surface area contributed by atoms with Crippen LogP contribution in [0.5, 0.6) is 11.5 Å². The standard InChI is InChI=1S/C20H19N3O3/c1-15-13-21-14-23(20(15)25)12-11-22-19(24)17-9-5-6-10-18(17)26-16-7-3-2-4-8-16/h2-10,13-14H,11-12H2,1H3,(H,22,24). The monoisotopic (exact) mass is 349 g/mol. The number of hydrogen-bond acceptors (Lipinski definition) is 4. The molecule has 6 nitrogen and oxygen atoms in total. The summed E-state index contributed by atoms with van der Waals surface area (Å²) >= 11 is 0. The summed E-state index contributed by atoms with van der Waals surface area (Å²) in [7, 11) is 0. The molecule has 0 saturated carbocycles. The summed E-state index contributed by atoms with van der Waals surface area (Å²) in [6, 6.07) is 16.3. The fourth-order valence-electron chi connectivity index (χ4n) is 2.46. The Bertz CT molecular complexity index is 952. The number of nitrogens with one attached hydrogen (secondary N) is 1. The van der Waals surface area contributed by atoms with Gasteiger partial charge in [0.2, 0.25) is 0 Å². The van der Waals surface area contributed by atoms with E-state index in [-0.39, 0.29) is 11.5 Å². The Hall–Kier alpha value is -3.41. The van der Waals surface area contributed by atoms with Crippen LogP contribution in [0, 0.1) is 6.92 Å². The van der Waals surface area contributed by atoms with Crippen LogP contribution < -0.4 is 15.6 Å². The molecule has 1 heterocycles. The van der Waals surface area contributed by atoms with Crippen LogP contribution in [0.2, 0.25) is 0 Å². The molecular weight excluding hydrogens is 330 g/mol. The number of carbonyl (C=O) groups excluding carboxylic acids is 1. The Morgan fingerprint density at radius 3 is 2.65 bits per heavy atom. The van der Waals surface area contributed by atoms with Crippen LogP contribution >= 0.6 is 0 Å². The van der Waals surface area contributed by atoms with E-state index in [2.05, 4.69) is 10.3 Å². The number of nitrogens with zero attached hydrogens (tertiary/aromatic N) is 2. The van der Waals surface area contributed by atoms with Gasteiger partial charge in [0.15, 0.2) is 0 Å². The Kier molecular flexibility index (Phi) is 5.43. The van der Waals surface area contributed by atoms with Crippen molar-refractivity contribution in [3.05, 3.63) is 88.6 Å². The molecule has 1 amide bonds. The first kappa shape index (κ1) is 17.4. The van der Waals surface area contributed by atoms with Gasteiger partial charge in [0.05, 0.1) is 11.9 Å². The van der Waals surface area contributed by atoms with E-state index in [0.717, 1.165) is 0 Å². The van der Waals surface area contributed by atoms with Gasteiger partial charge in [-0.05, 0) is 31.2 Å². The van der Waals surface area contributed by atoms with Crippen molar-refractivity contribution in [2.75, 3.05) is 6.54 Å². The molecule has 0 aliphatic rings. The number of aromatic nitrogens is 2. The van der Waals surface area contributed by atoms with Gasteiger partial charge in [-0.15, -0.1) is 0 Å². The molecule has 1 aromatic heterocycles. The van der Waals surface area contributed by atoms with E-state index in [1.807, 2.05) is 36.4 Å². The van der Waals surface area contributed by atoms with Crippen molar-refractivity contribution < 1.29 is 9.53 Å². The number of hydrogen-bond donors (Lipinski definition) is 1. The first-order valence-electron chi connectivity index (χ1n) is 8.26. The second kappa shape index (κ2) is 8.11. The molecule has 132 valence electrons. The minimum absolute atomic E-state index is 0.109. The maximum absolute atomic E-state index is 12.5. The lowest BCUT2D eigenvalue weighted by molar-refractivity contribution is 0.0950. The molecule has 0 spiro atoms. The number of ether oxygens (including phenoxy) is 1. The number of amides is 1. The highest BCUT2D eigenvalue weighted by atomic mass is 16.5. The summed E-state index contributed by atoms with van der Waals surface area (Å²) < 4.78 is 7.28. The molecular formula is C20H19N3O3. The Balaban J connectivity index is 1.66. The zero-order valence-electron chi connectivity index (χ0n) is 14.4. The second-order valence-corrected chi connectivity index (χ2v) is 5.74. The largest absolute Gasteiger partial charge is 0.457 e. The highest BCUT2D eigenvalue weighted by molar-refractivity contribution is 5.96. The summed E-state index contributed by atoms with van der Waals surface area (Å²) in [4.78, 5) is 28.5. The summed E-state index contributed by atoms with van der Waals surface area (Å²) in [5.74, 6) is 0.876.